The zero-order valence-corrected chi connectivity index (χ0v) is 20.6. The second-order valence-electron chi connectivity index (χ2n) is 8.77. The third-order valence-corrected chi connectivity index (χ3v) is 6.81. The third-order valence-electron chi connectivity index (χ3n) is 6.58. The highest BCUT2D eigenvalue weighted by Gasteiger charge is 2.44. The first-order valence-electron chi connectivity index (χ1n) is 11.7. The summed E-state index contributed by atoms with van der Waals surface area (Å²) in [6.45, 7) is -0.0526. The number of hydrogen-bond donors (Lipinski definition) is 0. The fourth-order valence-corrected chi connectivity index (χ4v) is 5.00. The Morgan fingerprint density at radius 1 is 1.08 bits per heavy atom. The average molecular weight is 537 g/mol. The van der Waals surface area contributed by atoms with E-state index in [1.165, 1.54) is 19.2 Å². The number of aromatic nitrogens is 1. The number of alkyl halides is 3. The van der Waals surface area contributed by atoms with E-state index in [-0.39, 0.29) is 24.0 Å². The molecule has 2 aliphatic rings. The number of fused-ring (bicyclic) bond motifs is 4. The molecule has 1 amide bonds. The quantitative estimate of drug-likeness (QED) is 0.385. The van der Waals surface area contributed by atoms with E-state index in [9.17, 15) is 18.0 Å². The minimum absolute atomic E-state index is 0.185. The van der Waals surface area contributed by atoms with E-state index in [4.69, 9.17) is 25.8 Å². The Bertz CT molecular complexity index is 1300. The first-order valence-corrected chi connectivity index (χ1v) is 12.0. The first kappa shape index (κ1) is 25.3. The lowest BCUT2D eigenvalue weighted by Gasteiger charge is -2.45. The minimum atomic E-state index is -4.72. The number of nitrogens with zero attached hydrogens (tertiary/aromatic N) is 2. The lowest BCUT2D eigenvalue weighted by atomic mass is 9.86. The fourth-order valence-electron chi connectivity index (χ4n) is 4.83. The van der Waals surface area contributed by atoms with Gasteiger partial charge in [0.15, 0.2) is 17.1 Å². The molecule has 0 N–H and O–H groups in total. The zero-order chi connectivity index (χ0) is 26.2. The predicted octanol–water partition coefficient (Wildman–Crippen LogP) is 5.58. The van der Waals surface area contributed by atoms with Crippen LogP contribution >= 0.6 is 11.6 Å². The molecule has 2 aromatic carbocycles. The number of amides is 1. The Morgan fingerprint density at radius 3 is 2.59 bits per heavy atom. The molecule has 0 aliphatic carbocycles. The molecule has 0 bridgehead atoms. The van der Waals surface area contributed by atoms with Gasteiger partial charge in [-0.25, -0.2) is 0 Å². The Morgan fingerprint density at radius 2 is 1.86 bits per heavy atom. The number of carbonyl (C=O) groups is 1. The van der Waals surface area contributed by atoms with Crippen molar-refractivity contribution in [3.05, 3.63) is 71.0 Å². The summed E-state index contributed by atoms with van der Waals surface area (Å²) < 4.78 is 59.4. The topological polar surface area (TPSA) is 62.2 Å². The number of benzene rings is 2. The van der Waals surface area contributed by atoms with Gasteiger partial charge in [0.1, 0.15) is 12.4 Å². The van der Waals surface area contributed by atoms with Gasteiger partial charge in [-0.3, -0.25) is 9.53 Å². The summed E-state index contributed by atoms with van der Waals surface area (Å²) in [6.07, 6.45) is -1.55. The smallest absolute Gasteiger partial charge is 0.493 e. The molecule has 0 atom stereocenters. The highest BCUT2D eigenvalue weighted by molar-refractivity contribution is 6.30. The van der Waals surface area contributed by atoms with Gasteiger partial charge >= 0.3 is 6.36 Å². The van der Waals surface area contributed by atoms with Crippen molar-refractivity contribution < 1.29 is 36.9 Å². The number of likely N-dealkylation sites (tertiary alicyclic amines) is 1. The van der Waals surface area contributed by atoms with E-state index >= 15 is 0 Å². The van der Waals surface area contributed by atoms with Gasteiger partial charge in [-0.2, -0.15) is 0 Å². The number of carbonyl (C=O) groups excluding carboxylic acids is 1. The molecule has 196 valence electrons. The van der Waals surface area contributed by atoms with Gasteiger partial charge in [0.25, 0.3) is 5.91 Å². The van der Waals surface area contributed by atoms with Crippen molar-refractivity contribution in [2.24, 2.45) is 0 Å². The van der Waals surface area contributed by atoms with Crippen molar-refractivity contribution >= 4 is 17.5 Å². The van der Waals surface area contributed by atoms with Crippen LogP contribution in [-0.2, 0) is 10.3 Å². The molecule has 5 rings (SSSR count). The summed E-state index contributed by atoms with van der Waals surface area (Å²) in [5.41, 5.74) is 1.77. The van der Waals surface area contributed by atoms with E-state index in [0.717, 1.165) is 11.4 Å². The van der Waals surface area contributed by atoms with Crippen LogP contribution in [0, 0.1) is 0 Å². The van der Waals surface area contributed by atoms with Crippen LogP contribution in [-0.4, -0.2) is 55.1 Å². The maximum atomic E-state index is 13.3. The largest absolute Gasteiger partial charge is 0.522 e. The molecule has 1 saturated heterocycles. The van der Waals surface area contributed by atoms with Gasteiger partial charge in [0.05, 0.1) is 25.1 Å². The summed E-state index contributed by atoms with van der Waals surface area (Å²) in [6, 6.07) is 14.2. The summed E-state index contributed by atoms with van der Waals surface area (Å²) in [7, 11) is 1.40. The molecule has 11 heteroatoms. The van der Waals surface area contributed by atoms with Crippen LogP contribution in [0.1, 0.15) is 28.9 Å². The van der Waals surface area contributed by atoms with Gasteiger partial charge < -0.3 is 23.7 Å². The SMILES string of the molecule is COc1cc(C(=O)N2CCC3(CC2)Oc2cc(Cl)ccc2-n2cccc23)ccc1OCCOC(F)(F)F. The lowest BCUT2D eigenvalue weighted by molar-refractivity contribution is -0.325. The zero-order valence-electron chi connectivity index (χ0n) is 19.9. The second-order valence-corrected chi connectivity index (χ2v) is 9.21. The van der Waals surface area contributed by atoms with Gasteiger partial charge in [0, 0.05) is 48.8 Å². The molecule has 37 heavy (non-hydrogen) atoms. The number of methoxy groups -OCH3 is 1. The van der Waals surface area contributed by atoms with E-state index in [1.54, 1.807) is 11.0 Å². The van der Waals surface area contributed by atoms with Crippen LogP contribution < -0.4 is 14.2 Å². The van der Waals surface area contributed by atoms with Gasteiger partial charge in [-0.05, 0) is 42.5 Å². The number of halogens is 4. The van der Waals surface area contributed by atoms with Gasteiger partial charge in [-0.1, -0.05) is 11.6 Å². The molecule has 3 heterocycles. The fraction of sp³-hybridized carbons (Fsp3) is 0.346. The lowest BCUT2D eigenvalue weighted by Crippen LogP contribution is -2.50. The first-order chi connectivity index (χ1) is 17.7. The summed E-state index contributed by atoms with van der Waals surface area (Å²) >= 11 is 6.21. The van der Waals surface area contributed by atoms with Crippen LogP contribution in [0.15, 0.2) is 54.7 Å². The standard InChI is InChI=1S/C26H24ClF3N2O5/c1-34-22-15-17(4-7-20(22)35-13-14-36-26(28,29)30)24(33)31-11-8-25(9-12-31)23-3-2-10-32(23)19-6-5-18(27)16-21(19)37-25/h2-7,10,15-16H,8-9,11-14H2,1H3. The number of rotatable bonds is 6. The second kappa shape index (κ2) is 9.83. The molecule has 2 aliphatic heterocycles. The predicted molar refractivity (Wildman–Crippen MR) is 129 cm³/mol. The van der Waals surface area contributed by atoms with Crippen LogP contribution in [0.2, 0.25) is 5.02 Å². The number of hydrogen-bond acceptors (Lipinski definition) is 5. The number of piperidine rings is 1. The van der Waals surface area contributed by atoms with Crippen molar-refractivity contribution in [2.45, 2.75) is 24.8 Å². The van der Waals surface area contributed by atoms with Crippen molar-refractivity contribution in [3.63, 3.8) is 0 Å². The molecular weight excluding hydrogens is 513 g/mol. The van der Waals surface area contributed by atoms with Crippen molar-refractivity contribution in [3.8, 4) is 22.9 Å². The molecule has 7 nitrogen and oxygen atoms in total. The van der Waals surface area contributed by atoms with E-state index in [2.05, 4.69) is 9.30 Å². The van der Waals surface area contributed by atoms with Crippen molar-refractivity contribution in [1.82, 2.24) is 9.47 Å². The average Bonchev–Trinajstić information content (AvgIpc) is 3.37. The highest BCUT2D eigenvalue weighted by Crippen LogP contribution is 2.46. The molecule has 0 radical (unpaired) electrons. The van der Waals surface area contributed by atoms with E-state index in [0.29, 0.717) is 42.3 Å². The Labute approximate surface area is 216 Å². The highest BCUT2D eigenvalue weighted by atomic mass is 35.5. The molecule has 1 fully saturated rings. The van der Waals surface area contributed by atoms with E-state index < -0.39 is 18.6 Å². The van der Waals surface area contributed by atoms with E-state index in [1.807, 2.05) is 36.5 Å². The summed E-state index contributed by atoms with van der Waals surface area (Å²) in [5.74, 6) is 0.982. The maximum Gasteiger partial charge on any atom is 0.522 e. The molecule has 0 unspecified atom stereocenters. The van der Waals surface area contributed by atoms with Gasteiger partial charge in [0.2, 0.25) is 0 Å². The van der Waals surface area contributed by atoms with Crippen LogP contribution in [0.4, 0.5) is 13.2 Å². The van der Waals surface area contributed by atoms with Crippen molar-refractivity contribution in [1.29, 1.82) is 0 Å². The summed E-state index contributed by atoms with van der Waals surface area (Å²) in [5, 5.41) is 0.589. The number of ether oxygens (including phenoxy) is 4. The monoisotopic (exact) mass is 536 g/mol. The molecule has 3 aromatic rings. The molecular formula is C26H24ClF3N2O5. The summed E-state index contributed by atoms with van der Waals surface area (Å²) in [4.78, 5) is 15.0. The van der Waals surface area contributed by atoms with Crippen LogP contribution in [0.3, 0.4) is 0 Å². The maximum absolute atomic E-state index is 13.3. The Hall–Kier alpha value is -3.37. The normalized spacial score (nSPS) is 16.1. The molecule has 1 spiro atoms. The Kier molecular flexibility index (Phi) is 6.72. The third kappa shape index (κ3) is 5.08. The molecule has 0 saturated carbocycles. The van der Waals surface area contributed by atoms with Crippen molar-refractivity contribution in [2.75, 3.05) is 33.4 Å². The van der Waals surface area contributed by atoms with Crippen LogP contribution in [0.5, 0.6) is 17.2 Å². The molecule has 1 aromatic heterocycles. The van der Waals surface area contributed by atoms with Crippen LogP contribution in [0.25, 0.3) is 5.69 Å². The Balaban J connectivity index is 1.26. The minimum Gasteiger partial charge on any atom is -0.493 e. The van der Waals surface area contributed by atoms with Gasteiger partial charge in [-0.15, -0.1) is 13.2 Å².